The molecule has 0 aliphatic carbocycles. The number of thiol groups is 1. The molecule has 0 bridgehead atoms. The van der Waals surface area contributed by atoms with E-state index < -0.39 is 0 Å². The molecular formula is C19H21NOSSn. The predicted molar refractivity (Wildman–Crippen MR) is 103 cm³/mol. The van der Waals surface area contributed by atoms with Crippen LogP contribution in [0.15, 0.2) is 109 Å². The molecule has 0 saturated heterocycles. The Kier molecular flexibility index (Phi) is 28.7. The molecule has 0 heterocycles. The van der Waals surface area contributed by atoms with E-state index in [-0.39, 0.29) is 29.4 Å². The maximum Gasteiger partial charge on any atom is 0.130 e. The zero-order valence-electron chi connectivity index (χ0n) is 12.8. The summed E-state index contributed by atoms with van der Waals surface area (Å²) in [5.41, 5.74) is 0. The molecule has 0 unspecified atom stereocenters. The van der Waals surface area contributed by atoms with Gasteiger partial charge < -0.3 is 5.48 Å². The van der Waals surface area contributed by atoms with E-state index in [0.29, 0.717) is 0 Å². The first-order chi connectivity index (χ1) is 10.4. The molecular weight excluding hydrogens is 409 g/mol. The SMILES string of the molecule is N#CS.O.[Sn].c1ccccc1.c1ccccc1.c1ccccc1. The number of rotatable bonds is 0. The van der Waals surface area contributed by atoms with Crippen molar-refractivity contribution >= 4 is 36.5 Å². The zero-order valence-corrected chi connectivity index (χ0v) is 16.5. The minimum Gasteiger partial charge on any atom is -0.412 e. The molecule has 0 saturated carbocycles. The van der Waals surface area contributed by atoms with E-state index in [1.807, 2.05) is 109 Å². The molecule has 4 radical (unpaired) electrons. The number of hydrogen-bond donors (Lipinski definition) is 1. The number of thiocyanates is 1. The number of nitrogens with zero attached hydrogens (tertiary/aromatic N) is 1. The van der Waals surface area contributed by atoms with Gasteiger partial charge >= 0.3 is 0 Å². The second kappa shape index (κ2) is 25.2. The monoisotopic (exact) mass is 431 g/mol. The zero-order chi connectivity index (χ0) is 15.4. The van der Waals surface area contributed by atoms with Gasteiger partial charge in [0.25, 0.3) is 0 Å². The van der Waals surface area contributed by atoms with Crippen molar-refractivity contribution in [1.82, 2.24) is 0 Å². The molecule has 3 aromatic carbocycles. The summed E-state index contributed by atoms with van der Waals surface area (Å²) in [5.74, 6) is 0. The van der Waals surface area contributed by atoms with Crippen LogP contribution in [0.25, 0.3) is 0 Å². The van der Waals surface area contributed by atoms with Crippen LogP contribution in [0.4, 0.5) is 0 Å². The molecule has 0 amide bonds. The summed E-state index contributed by atoms with van der Waals surface area (Å²) in [5, 5.41) is 8.63. The van der Waals surface area contributed by atoms with Crippen molar-refractivity contribution < 1.29 is 5.48 Å². The Morgan fingerprint density at radius 1 is 0.435 bits per heavy atom. The van der Waals surface area contributed by atoms with Crippen molar-refractivity contribution in [3.05, 3.63) is 109 Å². The van der Waals surface area contributed by atoms with Gasteiger partial charge in [0.05, 0.1) is 0 Å². The first-order valence-electron chi connectivity index (χ1n) is 6.45. The molecule has 23 heavy (non-hydrogen) atoms. The third-order valence-electron chi connectivity index (χ3n) is 2.00. The molecule has 118 valence electrons. The molecule has 2 N–H and O–H groups in total. The third-order valence-corrected chi connectivity index (χ3v) is 2.00. The molecule has 0 aromatic heterocycles. The minimum absolute atomic E-state index is 0. The van der Waals surface area contributed by atoms with Crippen LogP contribution in [0.2, 0.25) is 0 Å². The molecule has 0 aliphatic heterocycles. The molecule has 0 atom stereocenters. The normalized spacial score (nSPS) is 6.61. The quantitative estimate of drug-likeness (QED) is 0.324. The fourth-order valence-electron chi connectivity index (χ4n) is 1.15. The van der Waals surface area contributed by atoms with Crippen LogP contribution in [-0.4, -0.2) is 29.4 Å². The van der Waals surface area contributed by atoms with Crippen molar-refractivity contribution in [2.24, 2.45) is 0 Å². The molecule has 0 fully saturated rings. The van der Waals surface area contributed by atoms with Gasteiger partial charge in [-0.2, -0.15) is 5.26 Å². The van der Waals surface area contributed by atoms with Gasteiger partial charge in [0.1, 0.15) is 5.40 Å². The minimum atomic E-state index is 0. The summed E-state index contributed by atoms with van der Waals surface area (Å²) in [6.45, 7) is 0. The van der Waals surface area contributed by atoms with Crippen LogP contribution in [0, 0.1) is 10.7 Å². The van der Waals surface area contributed by atoms with Crippen molar-refractivity contribution in [3.63, 3.8) is 0 Å². The number of benzene rings is 3. The molecule has 2 nitrogen and oxygen atoms in total. The van der Waals surface area contributed by atoms with E-state index in [9.17, 15) is 0 Å². The fraction of sp³-hybridized carbons (Fsp3) is 0. The predicted octanol–water partition coefficient (Wildman–Crippen LogP) is 4.25. The van der Waals surface area contributed by atoms with Gasteiger partial charge in [0.15, 0.2) is 0 Å². The number of nitriles is 1. The summed E-state index contributed by atoms with van der Waals surface area (Å²) in [6.07, 6.45) is 0. The van der Waals surface area contributed by atoms with Gasteiger partial charge in [-0.1, -0.05) is 122 Å². The summed E-state index contributed by atoms with van der Waals surface area (Å²) < 4.78 is 0. The third kappa shape index (κ3) is 25.5. The Morgan fingerprint density at radius 2 is 0.478 bits per heavy atom. The van der Waals surface area contributed by atoms with Crippen LogP contribution >= 0.6 is 12.6 Å². The van der Waals surface area contributed by atoms with E-state index in [1.54, 1.807) is 0 Å². The van der Waals surface area contributed by atoms with Crippen molar-refractivity contribution in [2.45, 2.75) is 0 Å². The van der Waals surface area contributed by atoms with Gasteiger partial charge in [-0.3, -0.25) is 0 Å². The van der Waals surface area contributed by atoms with Crippen LogP contribution in [0.3, 0.4) is 0 Å². The smallest absolute Gasteiger partial charge is 0.130 e. The molecule has 0 aliphatic rings. The van der Waals surface area contributed by atoms with E-state index >= 15 is 0 Å². The van der Waals surface area contributed by atoms with E-state index in [1.165, 1.54) is 5.40 Å². The first-order valence-corrected chi connectivity index (χ1v) is 6.89. The van der Waals surface area contributed by atoms with Crippen LogP contribution in [0.5, 0.6) is 0 Å². The molecule has 4 heteroatoms. The summed E-state index contributed by atoms with van der Waals surface area (Å²) in [6, 6.07) is 36.0. The topological polar surface area (TPSA) is 55.3 Å². The van der Waals surface area contributed by atoms with Gasteiger partial charge in [-0.25, -0.2) is 0 Å². The van der Waals surface area contributed by atoms with Gasteiger partial charge in [0.2, 0.25) is 0 Å². The van der Waals surface area contributed by atoms with Crippen LogP contribution < -0.4 is 0 Å². The summed E-state index contributed by atoms with van der Waals surface area (Å²) >= 11 is 3.09. The largest absolute Gasteiger partial charge is 0.412 e. The Labute approximate surface area is 161 Å². The Morgan fingerprint density at radius 3 is 0.522 bits per heavy atom. The second-order valence-electron chi connectivity index (χ2n) is 3.56. The van der Waals surface area contributed by atoms with E-state index in [0.717, 1.165) is 0 Å². The maximum atomic E-state index is 7.18. The summed E-state index contributed by atoms with van der Waals surface area (Å²) in [7, 11) is 0. The van der Waals surface area contributed by atoms with E-state index in [4.69, 9.17) is 5.26 Å². The van der Waals surface area contributed by atoms with E-state index in [2.05, 4.69) is 12.6 Å². The van der Waals surface area contributed by atoms with Crippen LogP contribution in [-0.2, 0) is 0 Å². The second-order valence-corrected chi connectivity index (χ2v) is 3.76. The Hall–Kier alpha value is -1.74. The van der Waals surface area contributed by atoms with Crippen LogP contribution in [0.1, 0.15) is 0 Å². The van der Waals surface area contributed by atoms with Crippen molar-refractivity contribution in [1.29, 1.82) is 5.26 Å². The van der Waals surface area contributed by atoms with Crippen molar-refractivity contribution in [3.8, 4) is 5.40 Å². The van der Waals surface area contributed by atoms with Gasteiger partial charge in [0, 0.05) is 23.9 Å². The summed E-state index contributed by atoms with van der Waals surface area (Å²) in [4.78, 5) is 0. The standard InChI is InChI=1S/3C6H6.CHNS.H2O.Sn/c3*1-2-4-6-5-3-1;2-1-3;;/h3*1-6H;3H;1H2;. The molecule has 3 aromatic rings. The fourth-order valence-corrected chi connectivity index (χ4v) is 1.15. The molecule has 0 spiro atoms. The van der Waals surface area contributed by atoms with Crippen molar-refractivity contribution in [2.75, 3.05) is 0 Å². The molecule has 3 rings (SSSR count). The first kappa shape index (κ1) is 26.2. The van der Waals surface area contributed by atoms with Gasteiger partial charge in [-0.05, 0) is 0 Å². The maximum absolute atomic E-state index is 7.18. The average Bonchev–Trinajstić information content (AvgIpc) is 2.61. The average molecular weight is 430 g/mol. The van der Waals surface area contributed by atoms with Gasteiger partial charge in [-0.15, -0.1) is 0 Å². The number of hydrogen-bond acceptors (Lipinski definition) is 2. The Balaban J connectivity index is -0.000000232. The Bertz CT molecular complexity index is 390.